The molecule has 0 bridgehead atoms. The average molecular weight is 251 g/mol. The Bertz CT molecular complexity index is 366. The van der Waals surface area contributed by atoms with Crippen molar-refractivity contribution in [3.8, 4) is 5.75 Å². The molecule has 0 spiro atoms. The fourth-order valence-corrected chi connectivity index (χ4v) is 2.11. The van der Waals surface area contributed by atoms with E-state index in [9.17, 15) is 5.11 Å². The number of benzene rings is 1. The number of aliphatic hydroxyl groups is 1. The van der Waals surface area contributed by atoms with Crippen LogP contribution >= 0.6 is 0 Å². The van der Waals surface area contributed by atoms with Gasteiger partial charge in [-0.15, -0.1) is 0 Å². The van der Waals surface area contributed by atoms with Crippen LogP contribution in [0.1, 0.15) is 38.3 Å². The molecule has 0 radical (unpaired) electrons. The molecule has 1 aromatic rings. The zero-order valence-corrected chi connectivity index (χ0v) is 11.9. The van der Waals surface area contributed by atoms with E-state index in [1.54, 1.807) is 7.11 Å². The third-order valence-corrected chi connectivity index (χ3v) is 3.52. The lowest BCUT2D eigenvalue weighted by Crippen LogP contribution is -2.32. The predicted octanol–water partition coefficient (Wildman–Crippen LogP) is 2.81. The van der Waals surface area contributed by atoms with E-state index in [4.69, 9.17) is 4.74 Å². The highest BCUT2D eigenvalue weighted by Crippen LogP contribution is 2.23. The van der Waals surface area contributed by atoms with E-state index in [-0.39, 0.29) is 6.61 Å². The quantitative estimate of drug-likeness (QED) is 0.809. The summed E-state index contributed by atoms with van der Waals surface area (Å²) >= 11 is 0. The van der Waals surface area contributed by atoms with Gasteiger partial charge >= 0.3 is 0 Å². The van der Waals surface area contributed by atoms with E-state index in [0.717, 1.165) is 36.4 Å². The van der Waals surface area contributed by atoms with Crippen molar-refractivity contribution >= 4 is 0 Å². The first-order valence-corrected chi connectivity index (χ1v) is 6.66. The van der Waals surface area contributed by atoms with Crippen LogP contribution in [0.25, 0.3) is 0 Å². The summed E-state index contributed by atoms with van der Waals surface area (Å²) in [5.41, 5.74) is 2.08. The molecule has 3 heteroatoms. The van der Waals surface area contributed by atoms with Gasteiger partial charge in [0.05, 0.1) is 13.7 Å². The van der Waals surface area contributed by atoms with Gasteiger partial charge in [-0.05, 0) is 37.6 Å². The normalized spacial score (nSPS) is 12.8. The molecular weight excluding hydrogens is 226 g/mol. The van der Waals surface area contributed by atoms with Gasteiger partial charge in [0.25, 0.3) is 0 Å². The van der Waals surface area contributed by atoms with Crippen molar-refractivity contribution in [2.24, 2.45) is 0 Å². The highest BCUT2D eigenvalue weighted by molar-refractivity contribution is 5.37. The maximum atomic E-state index is 9.22. The first kappa shape index (κ1) is 15.0. The molecule has 0 aliphatic rings. The SMILES string of the molecule is CCC(C)N(CC)Cc1cc(CO)ccc1OC. The van der Waals surface area contributed by atoms with E-state index in [1.807, 2.05) is 18.2 Å². The number of rotatable bonds is 7. The molecule has 0 saturated heterocycles. The number of nitrogens with zero attached hydrogens (tertiary/aromatic N) is 1. The fourth-order valence-electron chi connectivity index (χ4n) is 2.11. The molecule has 0 heterocycles. The van der Waals surface area contributed by atoms with Crippen molar-refractivity contribution in [2.45, 2.75) is 46.4 Å². The summed E-state index contributed by atoms with van der Waals surface area (Å²) in [7, 11) is 1.69. The summed E-state index contributed by atoms with van der Waals surface area (Å²) in [6, 6.07) is 6.43. The maximum absolute atomic E-state index is 9.22. The van der Waals surface area contributed by atoms with E-state index in [2.05, 4.69) is 25.7 Å². The Labute approximate surface area is 110 Å². The van der Waals surface area contributed by atoms with Gasteiger partial charge in [-0.25, -0.2) is 0 Å². The number of methoxy groups -OCH3 is 1. The molecule has 3 nitrogen and oxygen atoms in total. The Morgan fingerprint density at radius 1 is 1.33 bits per heavy atom. The van der Waals surface area contributed by atoms with Crippen LogP contribution < -0.4 is 4.74 Å². The monoisotopic (exact) mass is 251 g/mol. The highest BCUT2D eigenvalue weighted by atomic mass is 16.5. The van der Waals surface area contributed by atoms with Gasteiger partial charge in [-0.2, -0.15) is 0 Å². The van der Waals surface area contributed by atoms with E-state index < -0.39 is 0 Å². The number of hydrogen-bond acceptors (Lipinski definition) is 3. The largest absolute Gasteiger partial charge is 0.496 e. The molecule has 1 unspecified atom stereocenters. The van der Waals surface area contributed by atoms with Crippen LogP contribution in [0.4, 0.5) is 0 Å². The van der Waals surface area contributed by atoms with Crippen molar-refractivity contribution < 1.29 is 9.84 Å². The lowest BCUT2D eigenvalue weighted by Gasteiger charge is -2.27. The fraction of sp³-hybridized carbons (Fsp3) is 0.600. The molecular formula is C15H25NO2. The van der Waals surface area contributed by atoms with Crippen molar-refractivity contribution in [2.75, 3.05) is 13.7 Å². The second-order valence-corrected chi connectivity index (χ2v) is 4.62. The number of ether oxygens (including phenoxy) is 1. The first-order valence-electron chi connectivity index (χ1n) is 6.66. The summed E-state index contributed by atoms with van der Waals surface area (Å²) in [6.45, 7) is 8.57. The molecule has 1 aromatic carbocycles. The predicted molar refractivity (Wildman–Crippen MR) is 74.8 cm³/mol. The van der Waals surface area contributed by atoms with Gasteiger partial charge in [-0.3, -0.25) is 4.90 Å². The van der Waals surface area contributed by atoms with Gasteiger partial charge in [0.2, 0.25) is 0 Å². The van der Waals surface area contributed by atoms with Crippen molar-refractivity contribution in [3.05, 3.63) is 29.3 Å². The van der Waals surface area contributed by atoms with Crippen LogP contribution in [0, 0.1) is 0 Å². The van der Waals surface area contributed by atoms with Gasteiger partial charge in [0, 0.05) is 18.2 Å². The van der Waals surface area contributed by atoms with Gasteiger partial charge < -0.3 is 9.84 Å². The van der Waals surface area contributed by atoms with Crippen molar-refractivity contribution in [1.29, 1.82) is 0 Å². The summed E-state index contributed by atoms with van der Waals surface area (Å²) < 4.78 is 5.40. The third kappa shape index (κ3) is 3.72. The van der Waals surface area contributed by atoms with Crippen LogP contribution in [-0.2, 0) is 13.2 Å². The molecule has 1 atom stereocenters. The Kier molecular flexibility index (Phi) is 6.16. The highest BCUT2D eigenvalue weighted by Gasteiger charge is 2.13. The summed E-state index contributed by atoms with van der Waals surface area (Å²) in [4.78, 5) is 2.42. The van der Waals surface area contributed by atoms with E-state index in [0.29, 0.717) is 6.04 Å². The molecule has 0 amide bonds. The molecule has 1 rings (SSSR count). The lowest BCUT2D eigenvalue weighted by molar-refractivity contribution is 0.203. The molecule has 0 aliphatic carbocycles. The van der Waals surface area contributed by atoms with Crippen LogP contribution in [0.2, 0.25) is 0 Å². The van der Waals surface area contributed by atoms with Gasteiger partial charge in [0.15, 0.2) is 0 Å². The molecule has 0 saturated carbocycles. The molecule has 18 heavy (non-hydrogen) atoms. The standard InChI is InChI=1S/C15H25NO2/c1-5-12(3)16(6-2)10-14-9-13(11-17)7-8-15(14)18-4/h7-9,12,17H,5-6,10-11H2,1-4H3. The Balaban J connectivity index is 2.92. The summed E-state index contributed by atoms with van der Waals surface area (Å²) in [6.07, 6.45) is 1.13. The lowest BCUT2D eigenvalue weighted by atomic mass is 10.1. The number of hydrogen-bond donors (Lipinski definition) is 1. The minimum Gasteiger partial charge on any atom is -0.496 e. The molecule has 0 aliphatic heterocycles. The van der Waals surface area contributed by atoms with Crippen LogP contribution in [0.3, 0.4) is 0 Å². The molecule has 1 N–H and O–H groups in total. The van der Waals surface area contributed by atoms with Crippen LogP contribution in [0.15, 0.2) is 18.2 Å². The smallest absolute Gasteiger partial charge is 0.123 e. The minimum atomic E-state index is 0.0758. The van der Waals surface area contributed by atoms with Gasteiger partial charge in [-0.1, -0.05) is 19.9 Å². The minimum absolute atomic E-state index is 0.0758. The van der Waals surface area contributed by atoms with Gasteiger partial charge in [0.1, 0.15) is 5.75 Å². The van der Waals surface area contributed by atoms with Crippen LogP contribution in [0.5, 0.6) is 5.75 Å². The summed E-state index contributed by atoms with van der Waals surface area (Å²) in [5.74, 6) is 0.897. The van der Waals surface area contributed by atoms with Crippen molar-refractivity contribution in [3.63, 3.8) is 0 Å². The third-order valence-electron chi connectivity index (χ3n) is 3.52. The Morgan fingerprint density at radius 2 is 2.06 bits per heavy atom. The summed E-state index contributed by atoms with van der Waals surface area (Å²) in [5, 5.41) is 9.22. The molecule has 0 aromatic heterocycles. The van der Waals surface area contributed by atoms with E-state index in [1.165, 1.54) is 0 Å². The topological polar surface area (TPSA) is 32.7 Å². The second-order valence-electron chi connectivity index (χ2n) is 4.62. The zero-order chi connectivity index (χ0) is 13.5. The average Bonchev–Trinajstić information content (AvgIpc) is 2.43. The van der Waals surface area contributed by atoms with E-state index >= 15 is 0 Å². The Morgan fingerprint density at radius 3 is 2.56 bits per heavy atom. The molecule has 102 valence electrons. The van der Waals surface area contributed by atoms with Crippen LogP contribution in [-0.4, -0.2) is 29.7 Å². The molecule has 0 fully saturated rings. The first-order chi connectivity index (χ1) is 8.65. The zero-order valence-electron chi connectivity index (χ0n) is 11.9. The second kappa shape index (κ2) is 7.39. The Hall–Kier alpha value is -1.06. The number of aliphatic hydroxyl groups excluding tert-OH is 1. The van der Waals surface area contributed by atoms with Crippen molar-refractivity contribution in [1.82, 2.24) is 4.90 Å². The maximum Gasteiger partial charge on any atom is 0.123 e.